The Hall–Kier alpha value is -2.39. The van der Waals surface area contributed by atoms with Gasteiger partial charge in [0, 0.05) is 31.0 Å². The predicted octanol–water partition coefficient (Wildman–Crippen LogP) is 5.87. The van der Waals surface area contributed by atoms with Gasteiger partial charge in [0.2, 0.25) is 5.06 Å². The van der Waals surface area contributed by atoms with E-state index in [2.05, 4.69) is 22.4 Å². The number of ether oxygens (including phenoxy) is 1. The highest BCUT2D eigenvalue weighted by atomic mass is 32.1. The third kappa shape index (κ3) is 4.20. The fourth-order valence-electron chi connectivity index (χ4n) is 3.73. The van der Waals surface area contributed by atoms with Gasteiger partial charge in [0.25, 0.3) is 0 Å². The van der Waals surface area contributed by atoms with E-state index in [4.69, 9.17) is 4.74 Å². The summed E-state index contributed by atoms with van der Waals surface area (Å²) in [5.41, 5.74) is 4.42. The fourth-order valence-corrected chi connectivity index (χ4v) is 4.57. The minimum atomic E-state index is -0.0167. The maximum atomic E-state index is 9.81. The van der Waals surface area contributed by atoms with Crippen molar-refractivity contribution < 1.29 is 4.74 Å². The van der Waals surface area contributed by atoms with Crippen molar-refractivity contribution in [2.45, 2.75) is 58.3 Å². The third-order valence-electron chi connectivity index (χ3n) is 5.43. The molecule has 1 saturated carbocycles. The van der Waals surface area contributed by atoms with Crippen LogP contribution in [-0.4, -0.2) is 29.7 Å². The van der Waals surface area contributed by atoms with Crippen LogP contribution in [0.4, 0.5) is 5.69 Å². The molecule has 1 aliphatic rings. The Labute approximate surface area is 171 Å². The molecule has 3 rings (SSSR count). The van der Waals surface area contributed by atoms with Gasteiger partial charge in [-0.25, -0.2) is 4.99 Å². The van der Waals surface area contributed by atoms with Gasteiger partial charge < -0.3 is 9.64 Å². The van der Waals surface area contributed by atoms with Gasteiger partial charge in [-0.15, -0.1) is 0 Å². The molecule has 1 aliphatic carbocycles. The summed E-state index contributed by atoms with van der Waals surface area (Å²) in [6, 6.07) is 6.36. The number of aryl methyl sites for hydroxylation is 2. The Bertz CT molecular complexity index is 917. The predicted molar refractivity (Wildman–Crippen MR) is 115 cm³/mol. The summed E-state index contributed by atoms with van der Waals surface area (Å²) >= 11 is 1.29. The molecule has 1 aromatic carbocycles. The molecule has 0 unspecified atom stereocenters. The molecule has 0 radical (unpaired) electrons. The zero-order valence-electron chi connectivity index (χ0n) is 17.4. The van der Waals surface area contributed by atoms with Crippen LogP contribution in [0, 0.1) is 25.2 Å². The standard InChI is InChI=1S/C22H28N4OS/c1-15-12-19(16(2)11-18(15)24-14-26(4)5)27-21-17(13-23)20(25-28-21)22(3)9-7-6-8-10-22/h11-12,14H,6-10H2,1-5H3/b24-14-. The van der Waals surface area contributed by atoms with Crippen molar-refractivity contribution in [2.75, 3.05) is 14.1 Å². The van der Waals surface area contributed by atoms with E-state index in [-0.39, 0.29) is 5.41 Å². The molecule has 2 aromatic rings. The van der Waals surface area contributed by atoms with E-state index in [0.29, 0.717) is 10.6 Å². The van der Waals surface area contributed by atoms with Crippen molar-refractivity contribution >= 4 is 23.6 Å². The molecule has 1 fully saturated rings. The largest absolute Gasteiger partial charge is 0.443 e. The fraction of sp³-hybridized carbons (Fsp3) is 0.500. The molecule has 1 heterocycles. The van der Waals surface area contributed by atoms with Crippen molar-refractivity contribution in [1.82, 2.24) is 9.27 Å². The van der Waals surface area contributed by atoms with Gasteiger partial charge in [-0.3, -0.25) is 0 Å². The highest BCUT2D eigenvalue weighted by molar-refractivity contribution is 7.08. The molecule has 0 N–H and O–H groups in total. The van der Waals surface area contributed by atoms with Crippen molar-refractivity contribution in [3.63, 3.8) is 0 Å². The lowest BCUT2D eigenvalue weighted by Gasteiger charge is -2.32. The summed E-state index contributed by atoms with van der Waals surface area (Å²) in [5, 5.41) is 10.4. The average Bonchev–Trinajstić information content (AvgIpc) is 3.07. The highest BCUT2D eigenvalue weighted by Gasteiger charge is 2.35. The van der Waals surface area contributed by atoms with Crippen LogP contribution in [0.15, 0.2) is 17.1 Å². The molecule has 0 bridgehead atoms. The minimum Gasteiger partial charge on any atom is -0.443 e. The number of nitrogens with zero attached hydrogens (tertiary/aromatic N) is 4. The molecule has 0 saturated heterocycles. The van der Waals surface area contributed by atoms with E-state index in [1.165, 1.54) is 30.8 Å². The molecule has 0 aliphatic heterocycles. The molecule has 0 atom stereocenters. The lowest BCUT2D eigenvalue weighted by Crippen LogP contribution is -2.26. The quantitative estimate of drug-likeness (QED) is 0.468. The third-order valence-corrected chi connectivity index (χ3v) is 6.15. The molecular weight excluding hydrogens is 368 g/mol. The normalized spacial score (nSPS) is 16.1. The average molecular weight is 397 g/mol. The van der Waals surface area contributed by atoms with Crippen molar-refractivity contribution in [2.24, 2.45) is 4.99 Å². The Morgan fingerprint density at radius 1 is 1.21 bits per heavy atom. The summed E-state index contributed by atoms with van der Waals surface area (Å²) in [5.74, 6) is 0.752. The Morgan fingerprint density at radius 2 is 1.93 bits per heavy atom. The second-order valence-electron chi connectivity index (χ2n) is 8.14. The zero-order chi connectivity index (χ0) is 20.3. The van der Waals surface area contributed by atoms with Crippen LogP contribution in [0.2, 0.25) is 0 Å². The number of rotatable bonds is 5. The zero-order valence-corrected chi connectivity index (χ0v) is 18.2. The van der Waals surface area contributed by atoms with Crippen LogP contribution >= 0.6 is 11.5 Å². The van der Waals surface area contributed by atoms with Crippen LogP contribution in [0.25, 0.3) is 0 Å². The highest BCUT2D eigenvalue weighted by Crippen LogP contribution is 2.44. The van der Waals surface area contributed by atoms with Gasteiger partial charge in [0.1, 0.15) is 17.4 Å². The number of aliphatic imine (C=N–C) groups is 1. The summed E-state index contributed by atoms with van der Waals surface area (Å²) in [6.45, 7) is 6.25. The van der Waals surface area contributed by atoms with Gasteiger partial charge in [0.15, 0.2) is 0 Å². The van der Waals surface area contributed by atoms with Gasteiger partial charge in [-0.2, -0.15) is 9.64 Å². The first kappa shape index (κ1) is 20.3. The topological polar surface area (TPSA) is 61.5 Å². The Kier molecular flexibility index (Phi) is 6.04. The van der Waals surface area contributed by atoms with Crippen LogP contribution in [0.5, 0.6) is 10.8 Å². The molecule has 28 heavy (non-hydrogen) atoms. The first-order valence-electron chi connectivity index (χ1n) is 9.74. The summed E-state index contributed by atoms with van der Waals surface area (Å²) < 4.78 is 10.8. The molecule has 148 valence electrons. The molecule has 1 aromatic heterocycles. The van der Waals surface area contributed by atoms with Crippen molar-refractivity contribution in [3.8, 4) is 16.9 Å². The summed E-state index contributed by atoms with van der Waals surface area (Å²) in [7, 11) is 3.89. The van der Waals surface area contributed by atoms with Gasteiger partial charge in [-0.05, 0) is 49.9 Å². The number of nitriles is 1. The second-order valence-corrected chi connectivity index (χ2v) is 8.88. The summed E-state index contributed by atoms with van der Waals surface area (Å²) in [6.07, 6.45) is 7.62. The molecule has 5 nitrogen and oxygen atoms in total. The van der Waals surface area contributed by atoms with Crippen LogP contribution in [0.3, 0.4) is 0 Å². The first-order valence-corrected chi connectivity index (χ1v) is 10.5. The van der Waals surface area contributed by atoms with E-state index in [1.807, 2.05) is 45.0 Å². The lowest BCUT2D eigenvalue weighted by atomic mass is 9.72. The number of hydrogen-bond donors (Lipinski definition) is 0. The van der Waals surface area contributed by atoms with E-state index < -0.39 is 0 Å². The Balaban J connectivity index is 1.90. The molecular formula is C22H28N4OS. The first-order chi connectivity index (χ1) is 13.3. The van der Waals surface area contributed by atoms with Gasteiger partial charge in [0.05, 0.1) is 17.7 Å². The number of benzene rings is 1. The molecule has 0 spiro atoms. The maximum Gasteiger partial charge on any atom is 0.218 e. The second kappa shape index (κ2) is 8.32. The van der Waals surface area contributed by atoms with Crippen molar-refractivity contribution in [3.05, 3.63) is 34.5 Å². The van der Waals surface area contributed by atoms with Crippen LogP contribution in [-0.2, 0) is 5.41 Å². The van der Waals surface area contributed by atoms with Crippen molar-refractivity contribution in [1.29, 1.82) is 5.26 Å². The van der Waals surface area contributed by atoms with Gasteiger partial charge >= 0.3 is 0 Å². The van der Waals surface area contributed by atoms with E-state index >= 15 is 0 Å². The van der Waals surface area contributed by atoms with E-state index in [9.17, 15) is 5.26 Å². The van der Waals surface area contributed by atoms with Crippen LogP contribution < -0.4 is 4.74 Å². The number of hydrogen-bond acceptors (Lipinski definition) is 5. The maximum absolute atomic E-state index is 9.81. The monoisotopic (exact) mass is 396 g/mol. The van der Waals surface area contributed by atoms with E-state index in [0.717, 1.165) is 41.1 Å². The van der Waals surface area contributed by atoms with Gasteiger partial charge in [-0.1, -0.05) is 26.2 Å². The Morgan fingerprint density at radius 3 is 2.57 bits per heavy atom. The molecule has 0 amide bonds. The lowest BCUT2D eigenvalue weighted by molar-refractivity contribution is 0.313. The molecule has 6 heteroatoms. The van der Waals surface area contributed by atoms with Crippen LogP contribution in [0.1, 0.15) is 61.4 Å². The number of aromatic nitrogens is 1. The summed E-state index contributed by atoms with van der Waals surface area (Å²) in [4.78, 5) is 6.41. The van der Waals surface area contributed by atoms with E-state index in [1.54, 1.807) is 6.34 Å². The minimum absolute atomic E-state index is 0.0167. The smallest absolute Gasteiger partial charge is 0.218 e. The SMILES string of the molecule is Cc1cc(Oc2snc(C3(C)CCCCC3)c2C#N)c(C)cc1/N=C\N(C)C.